The second-order valence-corrected chi connectivity index (χ2v) is 20.9. The van der Waals surface area contributed by atoms with Crippen LogP contribution in [-0.4, -0.2) is 66.5 Å². The number of rotatable bonds is 22. The van der Waals surface area contributed by atoms with Gasteiger partial charge in [-0.1, -0.05) is 77.7 Å². The second kappa shape index (κ2) is 23.8. The van der Waals surface area contributed by atoms with Crippen molar-refractivity contribution in [1.82, 2.24) is 16.0 Å². The number of allylic oxidation sites excluding steroid dienone is 1. The van der Waals surface area contributed by atoms with E-state index in [-0.39, 0.29) is 54.9 Å². The van der Waals surface area contributed by atoms with Gasteiger partial charge in [0.15, 0.2) is 0 Å². The molecule has 0 saturated heterocycles. The minimum absolute atomic E-state index is 0.0177. The smallest absolute Gasteiger partial charge is 0.429 e. The highest BCUT2D eigenvalue weighted by atomic mass is 16.7. The van der Waals surface area contributed by atoms with Gasteiger partial charge in [0.1, 0.15) is 18.4 Å². The van der Waals surface area contributed by atoms with Crippen LogP contribution in [0.5, 0.6) is 5.75 Å². The van der Waals surface area contributed by atoms with Crippen molar-refractivity contribution in [2.24, 2.45) is 46.3 Å². The number of fused-ring (bicyclic) bond motifs is 5. The number of hydrogen-bond acceptors (Lipinski definition) is 10. The number of amides is 4. The maximum atomic E-state index is 12.6. The molecular weight excluding hydrogens is 867 g/mol. The number of hydrogen-bond donors (Lipinski definition) is 4. The summed E-state index contributed by atoms with van der Waals surface area (Å²) in [5.74, 6) is 3.27. The number of nitrogens with zero attached hydrogens (tertiary/aromatic N) is 1. The van der Waals surface area contributed by atoms with Crippen molar-refractivity contribution < 1.29 is 43.1 Å². The minimum atomic E-state index is -0.994. The SMILES string of the molecule is CC(C)CCC[C@@H](C)[C@H]1CC[C@H]2[C@@H]3CC=C4C[C@@H](OCCCNC(=O)CCC(=O)N[C@@H](C)C(=O)NCC(=O)Nc5ccc(COC(=O)Oc6ccc([N+](=O)[O-])cc6)cc5)CC[C@]4(C)[C@H]3CC[C@]12C. The largest absolute Gasteiger partial charge is 0.514 e. The van der Waals surface area contributed by atoms with Crippen molar-refractivity contribution in [3.8, 4) is 5.75 Å². The molecule has 9 atom stereocenters. The quantitative estimate of drug-likeness (QED) is 0.0220. The van der Waals surface area contributed by atoms with Crippen LogP contribution >= 0.6 is 0 Å². The van der Waals surface area contributed by atoms with E-state index in [1.807, 2.05) is 0 Å². The molecule has 4 aliphatic rings. The Balaban J connectivity index is 0.803. The number of carbonyl (C=O) groups is 5. The Morgan fingerprint density at radius 1 is 0.824 bits per heavy atom. The van der Waals surface area contributed by atoms with Gasteiger partial charge < -0.3 is 35.5 Å². The van der Waals surface area contributed by atoms with Gasteiger partial charge in [0.05, 0.1) is 17.6 Å². The van der Waals surface area contributed by atoms with E-state index < -0.39 is 34.8 Å². The highest BCUT2D eigenvalue weighted by Gasteiger charge is 2.59. The monoisotopic (exact) mass is 942 g/mol. The van der Waals surface area contributed by atoms with Gasteiger partial charge >= 0.3 is 6.16 Å². The molecule has 4 amide bonds. The maximum Gasteiger partial charge on any atom is 0.514 e. The summed E-state index contributed by atoms with van der Waals surface area (Å²) in [4.78, 5) is 72.4. The third-order valence-corrected chi connectivity index (χ3v) is 15.9. The first-order chi connectivity index (χ1) is 32.4. The Kier molecular flexibility index (Phi) is 18.2. The number of ether oxygens (including phenoxy) is 3. The summed E-state index contributed by atoms with van der Waals surface area (Å²) in [7, 11) is 0. The van der Waals surface area contributed by atoms with E-state index in [0.29, 0.717) is 36.2 Å². The Hall–Kier alpha value is -5.31. The molecule has 6 rings (SSSR count). The van der Waals surface area contributed by atoms with Gasteiger partial charge in [-0.05, 0) is 141 Å². The molecule has 0 aliphatic heterocycles. The lowest BCUT2D eigenvalue weighted by Gasteiger charge is -2.58. The van der Waals surface area contributed by atoms with E-state index in [1.54, 1.807) is 29.8 Å². The maximum absolute atomic E-state index is 12.6. The molecule has 4 N–H and O–H groups in total. The van der Waals surface area contributed by atoms with Gasteiger partial charge in [-0.15, -0.1) is 0 Å². The molecule has 0 aromatic heterocycles. The van der Waals surface area contributed by atoms with E-state index in [0.717, 1.165) is 48.3 Å². The third-order valence-electron chi connectivity index (χ3n) is 15.9. The van der Waals surface area contributed by atoms with Crippen molar-refractivity contribution in [1.29, 1.82) is 0 Å². The normalized spacial score (nSPS) is 25.9. The van der Waals surface area contributed by atoms with Crippen LogP contribution < -0.4 is 26.0 Å². The number of nitro benzene ring substituents is 1. The van der Waals surface area contributed by atoms with Crippen LogP contribution in [0.25, 0.3) is 0 Å². The number of carbonyl (C=O) groups excluding carboxylic acids is 5. The number of non-ortho nitro benzene ring substituents is 1. The third kappa shape index (κ3) is 13.7. The summed E-state index contributed by atoms with van der Waals surface area (Å²) in [6, 6.07) is 10.5. The molecule has 2 aromatic carbocycles. The molecule has 3 saturated carbocycles. The molecule has 0 radical (unpaired) electrons. The van der Waals surface area contributed by atoms with E-state index in [2.05, 4.69) is 62.0 Å². The predicted molar refractivity (Wildman–Crippen MR) is 259 cm³/mol. The zero-order valence-corrected chi connectivity index (χ0v) is 41.1. The molecule has 15 nitrogen and oxygen atoms in total. The molecule has 3 fully saturated rings. The molecule has 0 heterocycles. The van der Waals surface area contributed by atoms with Crippen LogP contribution in [0.3, 0.4) is 0 Å². The van der Waals surface area contributed by atoms with Gasteiger partial charge in [-0.2, -0.15) is 0 Å². The standard InChI is InChI=1S/C53H75N5O10/c1-34(2)9-7-10-35(3)44-21-22-45-43-20-13-38-31-42(25-27-52(38,5)46(43)26-28-53(44,45)6)66-30-8-29-54-47(59)23-24-48(60)56-36(4)50(62)55-32-49(61)57-39-14-11-37(12-15-39)33-67-51(63)68-41-18-16-40(17-19-41)58(64)65/h11-19,34-36,42-46H,7-10,20-33H2,1-6H3,(H,54,59)(H,55,62)(H,56,60)(H,57,61)/t35-,36+,42+,43+,44-,45+,46+,52+,53-/m1/s1. The first-order valence-electron chi connectivity index (χ1n) is 25.1. The first-order valence-corrected chi connectivity index (χ1v) is 25.1. The van der Waals surface area contributed by atoms with Crippen LogP contribution in [0.2, 0.25) is 0 Å². The van der Waals surface area contributed by atoms with Gasteiger partial charge in [-0.3, -0.25) is 29.3 Å². The Morgan fingerprint density at radius 3 is 2.28 bits per heavy atom. The summed E-state index contributed by atoms with van der Waals surface area (Å²) >= 11 is 0. The van der Waals surface area contributed by atoms with Gasteiger partial charge in [0.25, 0.3) is 5.69 Å². The van der Waals surface area contributed by atoms with Crippen molar-refractivity contribution in [3.63, 3.8) is 0 Å². The van der Waals surface area contributed by atoms with E-state index >= 15 is 0 Å². The molecule has 4 aliphatic carbocycles. The minimum Gasteiger partial charge on any atom is -0.429 e. The van der Waals surface area contributed by atoms with Crippen molar-refractivity contribution in [3.05, 3.63) is 75.9 Å². The van der Waals surface area contributed by atoms with Crippen LogP contribution in [0.1, 0.15) is 137 Å². The molecular formula is C53H75N5O10. The van der Waals surface area contributed by atoms with Crippen molar-refractivity contribution in [2.45, 2.75) is 150 Å². The van der Waals surface area contributed by atoms with Crippen molar-refractivity contribution in [2.75, 3.05) is 25.0 Å². The average molecular weight is 942 g/mol. The lowest BCUT2D eigenvalue weighted by molar-refractivity contribution is -0.384. The zero-order valence-electron chi connectivity index (χ0n) is 41.1. The topological polar surface area (TPSA) is 204 Å². The van der Waals surface area contributed by atoms with E-state index in [9.17, 15) is 34.1 Å². The van der Waals surface area contributed by atoms with Crippen LogP contribution in [0, 0.1) is 56.5 Å². The van der Waals surface area contributed by atoms with Crippen LogP contribution in [-0.2, 0) is 35.3 Å². The molecule has 372 valence electrons. The molecule has 2 aromatic rings. The van der Waals surface area contributed by atoms with Crippen LogP contribution in [0.4, 0.5) is 16.2 Å². The fourth-order valence-electron chi connectivity index (χ4n) is 12.2. The van der Waals surface area contributed by atoms with Gasteiger partial charge in [0.2, 0.25) is 23.6 Å². The van der Waals surface area contributed by atoms with Gasteiger partial charge in [-0.25, -0.2) is 4.79 Å². The average Bonchev–Trinajstić information content (AvgIpc) is 3.67. The Labute approximate surface area is 402 Å². The fourth-order valence-corrected chi connectivity index (χ4v) is 12.2. The molecule has 15 heteroatoms. The zero-order chi connectivity index (χ0) is 49.0. The Bertz CT molecular complexity index is 2110. The molecule has 0 bridgehead atoms. The van der Waals surface area contributed by atoms with E-state index in [4.69, 9.17) is 14.2 Å². The number of nitrogens with one attached hydrogen (secondary N) is 4. The lowest BCUT2D eigenvalue weighted by atomic mass is 9.47. The highest BCUT2D eigenvalue weighted by Crippen LogP contribution is 2.67. The van der Waals surface area contributed by atoms with Crippen molar-refractivity contribution >= 4 is 41.2 Å². The lowest BCUT2D eigenvalue weighted by Crippen LogP contribution is -2.51. The molecule has 68 heavy (non-hydrogen) atoms. The summed E-state index contributed by atoms with van der Waals surface area (Å²) in [5.41, 5.74) is 3.29. The Morgan fingerprint density at radius 2 is 1.56 bits per heavy atom. The summed E-state index contributed by atoms with van der Waals surface area (Å²) in [6.45, 7) is 14.5. The molecule has 0 spiro atoms. The van der Waals surface area contributed by atoms with Crippen LogP contribution in [0.15, 0.2) is 60.2 Å². The number of anilines is 1. The van der Waals surface area contributed by atoms with Gasteiger partial charge in [0, 0.05) is 43.8 Å². The summed E-state index contributed by atoms with van der Waals surface area (Å²) in [6.07, 6.45) is 16.6. The highest BCUT2D eigenvalue weighted by molar-refractivity contribution is 5.96. The second-order valence-electron chi connectivity index (χ2n) is 20.9. The fraction of sp³-hybridized carbons (Fsp3) is 0.642. The predicted octanol–water partition coefficient (Wildman–Crippen LogP) is 9.58. The summed E-state index contributed by atoms with van der Waals surface area (Å²) in [5, 5.41) is 21.4. The first kappa shape index (κ1) is 52.1. The number of benzene rings is 2. The number of nitro groups is 1. The molecule has 0 unspecified atom stereocenters. The van der Waals surface area contributed by atoms with E-state index in [1.165, 1.54) is 89.0 Å². The summed E-state index contributed by atoms with van der Waals surface area (Å²) < 4.78 is 16.5.